The first-order valence-electron chi connectivity index (χ1n) is 8.99. The Morgan fingerprint density at radius 3 is 2.48 bits per heavy atom. The summed E-state index contributed by atoms with van der Waals surface area (Å²) in [4.78, 5) is 16.0. The van der Waals surface area contributed by atoms with Crippen LogP contribution in [0.1, 0.15) is 25.8 Å². The molecular formula is C20H19F3N4O2. The lowest BCUT2D eigenvalue weighted by Gasteiger charge is -2.10. The second-order valence-corrected chi connectivity index (χ2v) is 6.09. The molecule has 3 aromatic rings. The monoisotopic (exact) mass is 404 g/mol. The van der Waals surface area contributed by atoms with Gasteiger partial charge in [0.25, 0.3) is 0 Å². The molecule has 29 heavy (non-hydrogen) atoms. The molecule has 0 unspecified atom stereocenters. The number of hydrogen-bond donors (Lipinski definition) is 1. The highest BCUT2D eigenvalue weighted by atomic mass is 19.4. The molecule has 0 atom stereocenters. The van der Waals surface area contributed by atoms with E-state index in [0.717, 1.165) is 12.1 Å². The second kappa shape index (κ2) is 8.34. The Morgan fingerprint density at radius 1 is 1.14 bits per heavy atom. The summed E-state index contributed by atoms with van der Waals surface area (Å²) in [6.45, 7) is 3.86. The maximum absolute atomic E-state index is 12.9. The normalized spacial score (nSPS) is 11.3. The Labute approximate surface area is 165 Å². The van der Waals surface area contributed by atoms with Gasteiger partial charge < -0.3 is 10.1 Å². The predicted molar refractivity (Wildman–Crippen MR) is 102 cm³/mol. The summed E-state index contributed by atoms with van der Waals surface area (Å²) in [5, 5.41) is 7.07. The van der Waals surface area contributed by atoms with Gasteiger partial charge in [0.1, 0.15) is 0 Å². The van der Waals surface area contributed by atoms with E-state index in [1.807, 2.05) is 0 Å². The summed E-state index contributed by atoms with van der Waals surface area (Å²) in [5.74, 6) is 0.180. The third-order valence-electron chi connectivity index (χ3n) is 4.03. The first-order valence-corrected chi connectivity index (χ1v) is 8.99. The average molecular weight is 404 g/mol. The van der Waals surface area contributed by atoms with Crippen LogP contribution < -0.4 is 10.1 Å². The zero-order valence-electron chi connectivity index (χ0n) is 15.8. The molecule has 0 aliphatic rings. The number of amides is 1. The van der Waals surface area contributed by atoms with E-state index in [-0.39, 0.29) is 11.9 Å². The Hall–Kier alpha value is -3.36. The SMILES string of the molecule is CCOc1nc(-c2ccc(C(F)(F)F)cc2)n(-c2cccc(NC(=O)CC)c2)n1. The van der Waals surface area contributed by atoms with Crippen molar-refractivity contribution < 1.29 is 22.7 Å². The van der Waals surface area contributed by atoms with Gasteiger partial charge in [-0.1, -0.05) is 25.1 Å². The van der Waals surface area contributed by atoms with Crippen molar-refractivity contribution in [2.24, 2.45) is 0 Å². The van der Waals surface area contributed by atoms with Crippen molar-refractivity contribution >= 4 is 11.6 Å². The summed E-state index contributed by atoms with van der Waals surface area (Å²) in [6.07, 6.45) is -4.09. The van der Waals surface area contributed by atoms with Gasteiger partial charge >= 0.3 is 12.2 Å². The Morgan fingerprint density at radius 2 is 1.86 bits per heavy atom. The van der Waals surface area contributed by atoms with Gasteiger partial charge in [-0.15, -0.1) is 5.10 Å². The minimum absolute atomic E-state index is 0.102. The topological polar surface area (TPSA) is 69.0 Å². The molecule has 0 spiro atoms. The summed E-state index contributed by atoms with van der Waals surface area (Å²) in [7, 11) is 0. The Kier molecular flexibility index (Phi) is 5.86. The quantitative estimate of drug-likeness (QED) is 0.647. The van der Waals surface area contributed by atoms with Gasteiger partial charge in [0.2, 0.25) is 5.91 Å². The van der Waals surface area contributed by atoms with Gasteiger partial charge in [-0.25, -0.2) is 4.68 Å². The van der Waals surface area contributed by atoms with Crippen LogP contribution >= 0.6 is 0 Å². The van der Waals surface area contributed by atoms with E-state index in [4.69, 9.17) is 4.74 Å². The standard InChI is InChI=1S/C20H19F3N4O2/c1-3-17(28)24-15-6-5-7-16(12-15)27-18(25-19(26-27)29-4-2)13-8-10-14(11-9-13)20(21,22)23/h5-12H,3-4H2,1-2H3,(H,24,28). The highest BCUT2D eigenvalue weighted by molar-refractivity contribution is 5.90. The number of halogens is 3. The molecule has 2 aromatic carbocycles. The van der Waals surface area contributed by atoms with Crippen LogP contribution in [0.5, 0.6) is 6.01 Å². The summed E-state index contributed by atoms with van der Waals surface area (Å²) in [5.41, 5.74) is 0.842. The van der Waals surface area contributed by atoms with E-state index >= 15 is 0 Å². The van der Waals surface area contributed by atoms with Gasteiger partial charge in [-0.2, -0.15) is 18.2 Å². The van der Waals surface area contributed by atoms with Crippen molar-refractivity contribution in [1.29, 1.82) is 0 Å². The minimum atomic E-state index is -4.42. The highest BCUT2D eigenvalue weighted by Crippen LogP contribution is 2.31. The van der Waals surface area contributed by atoms with Crippen LogP contribution in [-0.4, -0.2) is 27.3 Å². The summed E-state index contributed by atoms with van der Waals surface area (Å²) >= 11 is 0. The summed E-state index contributed by atoms with van der Waals surface area (Å²) in [6, 6.07) is 11.7. The van der Waals surface area contributed by atoms with Gasteiger partial charge in [-0.05, 0) is 37.3 Å². The fourth-order valence-corrected chi connectivity index (χ4v) is 2.62. The van der Waals surface area contributed by atoms with E-state index in [2.05, 4.69) is 15.4 Å². The molecule has 9 heteroatoms. The van der Waals surface area contributed by atoms with Crippen LogP contribution in [0.25, 0.3) is 17.1 Å². The fraction of sp³-hybridized carbons (Fsp3) is 0.250. The maximum atomic E-state index is 12.9. The first-order chi connectivity index (χ1) is 13.8. The van der Waals surface area contributed by atoms with Gasteiger partial charge in [0.15, 0.2) is 5.82 Å². The van der Waals surface area contributed by atoms with Crippen molar-refractivity contribution in [3.8, 4) is 23.1 Å². The number of nitrogens with one attached hydrogen (secondary N) is 1. The number of hydrogen-bond acceptors (Lipinski definition) is 4. The highest BCUT2D eigenvalue weighted by Gasteiger charge is 2.30. The van der Waals surface area contributed by atoms with Crippen LogP contribution in [-0.2, 0) is 11.0 Å². The summed E-state index contributed by atoms with van der Waals surface area (Å²) < 4.78 is 45.4. The van der Waals surface area contributed by atoms with Crippen LogP contribution in [0.2, 0.25) is 0 Å². The van der Waals surface area contributed by atoms with Crippen molar-refractivity contribution in [2.45, 2.75) is 26.4 Å². The van der Waals surface area contributed by atoms with Crippen molar-refractivity contribution in [1.82, 2.24) is 14.8 Å². The van der Waals surface area contributed by atoms with Crippen LogP contribution in [0, 0.1) is 0 Å². The first kappa shape index (κ1) is 20.4. The molecule has 1 amide bonds. The van der Waals surface area contributed by atoms with E-state index in [0.29, 0.717) is 35.8 Å². The molecule has 0 fully saturated rings. The van der Waals surface area contributed by atoms with E-state index in [1.54, 1.807) is 38.1 Å². The largest absolute Gasteiger partial charge is 0.463 e. The molecule has 6 nitrogen and oxygen atoms in total. The molecule has 152 valence electrons. The number of benzene rings is 2. The molecule has 1 N–H and O–H groups in total. The predicted octanol–water partition coefficient (Wildman–Crippen LogP) is 4.70. The number of rotatable bonds is 6. The third-order valence-corrected chi connectivity index (χ3v) is 4.03. The smallest absolute Gasteiger partial charge is 0.416 e. The number of aromatic nitrogens is 3. The molecule has 0 bridgehead atoms. The van der Waals surface area contributed by atoms with Crippen molar-refractivity contribution in [3.63, 3.8) is 0 Å². The lowest BCUT2D eigenvalue weighted by molar-refractivity contribution is -0.137. The number of ether oxygens (including phenoxy) is 1. The van der Waals surface area contributed by atoms with E-state index in [1.165, 1.54) is 16.8 Å². The number of carbonyl (C=O) groups is 1. The van der Waals surface area contributed by atoms with Gasteiger partial charge in [0.05, 0.1) is 17.9 Å². The fourth-order valence-electron chi connectivity index (χ4n) is 2.62. The number of anilines is 1. The molecule has 0 radical (unpaired) electrons. The molecule has 1 heterocycles. The number of carbonyl (C=O) groups excluding carboxylic acids is 1. The van der Waals surface area contributed by atoms with Crippen LogP contribution in [0.3, 0.4) is 0 Å². The molecule has 0 saturated heterocycles. The second-order valence-electron chi connectivity index (χ2n) is 6.09. The average Bonchev–Trinajstić information content (AvgIpc) is 3.12. The number of nitrogens with zero attached hydrogens (tertiary/aromatic N) is 3. The molecule has 3 rings (SSSR count). The lowest BCUT2D eigenvalue weighted by atomic mass is 10.1. The lowest BCUT2D eigenvalue weighted by Crippen LogP contribution is -2.10. The van der Waals surface area contributed by atoms with Crippen molar-refractivity contribution in [3.05, 3.63) is 54.1 Å². The van der Waals surface area contributed by atoms with Gasteiger partial charge in [-0.3, -0.25) is 4.79 Å². The van der Waals surface area contributed by atoms with Gasteiger partial charge in [0, 0.05) is 17.7 Å². The maximum Gasteiger partial charge on any atom is 0.416 e. The van der Waals surface area contributed by atoms with E-state index < -0.39 is 11.7 Å². The third kappa shape index (κ3) is 4.74. The molecular weight excluding hydrogens is 385 g/mol. The number of alkyl halides is 3. The zero-order valence-corrected chi connectivity index (χ0v) is 15.8. The van der Waals surface area contributed by atoms with Crippen LogP contribution in [0.15, 0.2) is 48.5 Å². The van der Waals surface area contributed by atoms with E-state index in [9.17, 15) is 18.0 Å². The zero-order chi connectivity index (χ0) is 21.0. The molecule has 1 aromatic heterocycles. The molecule has 0 saturated carbocycles. The minimum Gasteiger partial charge on any atom is -0.463 e. The molecule has 0 aliphatic heterocycles. The Bertz CT molecular complexity index is 998. The Balaban J connectivity index is 2.03. The molecule has 0 aliphatic carbocycles. The van der Waals surface area contributed by atoms with Crippen molar-refractivity contribution in [2.75, 3.05) is 11.9 Å². The van der Waals surface area contributed by atoms with Crippen LogP contribution in [0.4, 0.5) is 18.9 Å².